The van der Waals surface area contributed by atoms with E-state index in [2.05, 4.69) is 50.4 Å². The smallest absolute Gasteiger partial charge is 0.410 e. The lowest BCUT2D eigenvalue weighted by Crippen LogP contribution is -2.67. The maximum absolute atomic E-state index is 17.8. The number of likely N-dealkylation sites (tertiary alicyclic amines) is 1. The van der Waals surface area contributed by atoms with Crippen molar-refractivity contribution in [2.75, 3.05) is 38.2 Å². The Morgan fingerprint density at radius 3 is 2.11 bits per heavy atom. The molecule has 5 aromatic rings. The average molecular weight is 882 g/mol. The van der Waals surface area contributed by atoms with Gasteiger partial charge in [0.05, 0.1) is 30.4 Å². The van der Waals surface area contributed by atoms with Gasteiger partial charge in [-0.25, -0.2) is 22.6 Å². The Labute approximate surface area is 371 Å². The first kappa shape index (κ1) is 44.9. The summed E-state index contributed by atoms with van der Waals surface area (Å²) in [5, 5.41) is 10.6. The van der Waals surface area contributed by atoms with E-state index in [1.165, 1.54) is 12.1 Å². The molecular weight excluding hydrogens is 820 g/mol. The van der Waals surface area contributed by atoms with Crippen LogP contribution in [0.15, 0.2) is 91.1 Å². The van der Waals surface area contributed by atoms with Crippen molar-refractivity contribution in [3.8, 4) is 0 Å². The van der Waals surface area contributed by atoms with Gasteiger partial charge in [0.25, 0.3) is 8.32 Å². The Kier molecular flexibility index (Phi) is 12.4. The molecule has 1 aromatic heterocycles. The predicted octanol–water partition coefficient (Wildman–Crippen LogP) is 9.69. The van der Waals surface area contributed by atoms with Gasteiger partial charge in [0.15, 0.2) is 6.23 Å². The van der Waals surface area contributed by atoms with E-state index in [1.54, 1.807) is 32.6 Å². The zero-order valence-electron chi connectivity index (χ0n) is 37.9. The number of carbonyl (C=O) groups is 1. The van der Waals surface area contributed by atoms with Crippen LogP contribution in [-0.2, 0) is 20.3 Å². The molecular formula is C50H62F3N5O4Si. The summed E-state index contributed by atoms with van der Waals surface area (Å²) in [6.45, 7) is 16.4. The number of ether oxygens (including phenoxy) is 2. The minimum absolute atomic E-state index is 0.148. The van der Waals surface area contributed by atoms with Gasteiger partial charge < -0.3 is 24.1 Å². The number of hydrogen-bond donors (Lipinski definition) is 1. The molecule has 2 fully saturated rings. The zero-order chi connectivity index (χ0) is 44.9. The van der Waals surface area contributed by atoms with E-state index in [0.29, 0.717) is 31.7 Å². The van der Waals surface area contributed by atoms with Gasteiger partial charge in [0.1, 0.15) is 22.9 Å². The molecule has 1 N–H and O–H groups in total. The largest absolute Gasteiger partial charge is 0.444 e. The number of nitrogens with one attached hydrogen (secondary N) is 1. The highest BCUT2D eigenvalue weighted by atomic mass is 28.4. The van der Waals surface area contributed by atoms with E-state index in [4.69, 9.17) is 19.0 Å². The van der Waals surface area contributed by atoms with Crippen molar-refractivity contribution in [2.45, 2.75) is 122 Å². The van der Waals surface area contributed by atoms with Crippen LogP contribution in [0.2, 0.25) is 5.04 Å². The summed E-state index contributed by atoms with van der Waals surface area (Å²) < 4.78 is 72.2. The van der Waals surface area contributed by atoms with Gasteiger partial charge in [-0.15, -0.1) is 0 Å². The van der Waals surface area contributed by atoms with Crippen LogP contribution in [0.25, 0.3) is 10.9 Å². The second kappa shape index (κ2) is 17.4. The topological polar surface area (TPSA) is 81.1 Å². The highest BCUT2D eigenvalue weighted by molar-refractivity contribution is 6.99. The molecule has 9 nitrogen and oxygen atoms in total. The molecule has 8 rings (SSSR count). The highest BCUT2D eigenvalue weighted by Crippen LogP contribution is 2.45. The molecule has 0 aliphatic carbocycles. The first-order valence-electron chi connectivity index (χ1n) is 22.4. The summed E-state index contributed by atoms with van der Waals surface area (Å²) >= 11 is 0. The van der Waals surface area contributed by atoms with Crippen LogP contribution in [0.3, 0.4) is 0 Å². The molecule has 0 radical (unpaired) electrons. The Hall–Kier alpha value is -4.69. The molecule has 2 saturated heterocycles. The molecule has 336 valence electrons. The molecule has 2 unspecified atom stereocenters. The van der Waals surface area contributed by atoms with Gasteiger partial charge in [-0.1, -0.05) is 87.5 Å². The lowest BCUT2D eigenvalue weighted by Gasteiger charge is -2.47. The zero-order valence-corrected chi connectivity index (χ0v) is 38.9. The predicted molar refractivity (Wildman–Crippen MR) is 245 cm³/mol. The van der Waals surface area contributed by atoms with Crippen LogP contribution in [0.4, 0.5) is 23.7 Å². The summed E-state index contributed by atoms with van der Waals surface area (Å²) in [6.07, 6.45) is 4.63. The molecule has 13 heteroatoms. The van der Waals surface area contributed by atoms with Gasteiger partial charge in [-0.05, 0) is 105 Å². The summed E-state index contributed by atoms with van der Waals surface area (Å²) in [5.74, 6) is -1.49. The molecule has 3 aliphatic rings. The molecule has 4 aromatic carbocycles. The Bertz CT molecular complexity index is 2340. The number of fused-ring (bicyclic) bond motifs is 3. The van der Waals surface area contributed by atoms with Crippen molar-refractivity contribution >= 4 is 41.4 Å². The fourth-order valence-corrected chi connectivity index (χ4v) is 14.6. The molecule has 0 saturated carbocycles. The van der Waals surface area contributed by atoms with Crippen LogP contribution >= 0.6 is 0 Å². The molecule has 4 atom stereocenters. The number of anilines is 1. The number of rotatable bonds is 11. The number of benzene rings is 4. The fraction of sp³-hybridized carbons (Fsp3) is 0.480. The van der Waals surface area contributed by atoms with E-state index in [0.717, 1.165) is 46.1 Å². The quantitative estimate of drug-likeness (QED) is 0.133. The Balaban J connectivity index is 1.14. The van der Waals surface area contributed by atoms with Gasteiger partial charge in [0.2, 0.25) is 0 Å². The number of nitrogens with zero attached hydrogens (tertiary/aromatic N) is 4. The van der Waals surface area contributed by atoms with Crippen molar-refractivity contribution < 1.29 is 31.9 Å². The summed E-state index contributed by atoms with van der Waals surface area (Å²) in [4.78, 5) is 16.0. The normalized spacial score (nSPS) is 21.1. The number of halogens is 3. The van der Waals surface area contributed by atoms with Crippen LogP contribution < -0.4 is 15.7 Å². The van der Waals surface area contributed by atoms with E-state index in [1.807, 2.05) is 71.2 Å². The molecule has 0 bridgehead atoms. The van der Waals surface area contributed by atoms with Crippen LogP contribution in [0.1, 0.15) is 104 Å². The number of carbonyl (C=O) groups excluding carboxylic acids is 1. The first-order valence-corrected chi connectivity index (χ1v) is 24.3. The van der Waals surface area contributed by atoms with Crippen LogP contribution in [0, 0.1) is 11.6 Å². The number of hydrogen-bond acceptors (Lipinski definition) is 7. The van der Waals surface area contributed by atoms with Crippen molar-refractivity contribution in [3.63, 3.8) is 0 Å². The maximum Gasteiger partial charge on any atom is 0.410 e. The third kappa shape index (κ3) is 9.03. The standard InChI is InChI=1S/C50H62F3N5O4Si/c1-33-25-39-38(22-23-43-40(39)28-54-58(43)44-21-15-16-24-60-44)46(45-41(51)26-34(27-42(45)52)55-35-29-56(30-35)47(59)62-48(2,3)4)57(33)31-50(8,53)32-61-63(49(5,6)7,36-17-11-9-12-18-36)37-19-13-10-14-20-37/h9-14,17-20,22-23,26-28,33,35,44,46,55H,15-16,21,24-25,29-32H2,1-8H3/t33-,44?,46+,50?/m1/s1. The molecule has 63 heavy (non-hydrogen) atoms. The van der Waals surface area contributed by atoms with Crippen molar-refractivity contribution in [2.24, 2.45) is 0 Å². The van der Waals surface area contributed by atoms with Crippen LogP contribution in [0.5, 0.6) is 0 Å². The second-order valence-electron chi connectivity index (χ2n) is 20.0. The molecule has 0 spiro atoms. The monoisotopic (exact) mass is 881 g/mol. The second-order valence-corrected chi connectivity index (χ2v) is 24.4. The SMILES string of the molecule is C[C@@H]1Cc2c(ccc3c2cnn3C2CCCCO2)[C@@H](c2c(F)cc(NC3CN(C(=O)OC(C)(C)C)C3)cc2F)N1CC(C)(F)CO[Si](c1ccccc1)(c1ccccc1)C(C)(C)C. The third-order valence-electron chi connectivity index (χ3n) is 12.8. The van der Waals surface area contributed by atoms with Gasteiger partial charge in [0, 0.05) is 48.9 Å². The average Bonchev–Trinajstić information content (AvgIpc) is 3.65. The summed E-state index contributed by atoms with van der Waals surface area (Å²) in [6, 6.07) is 25.3. The minimum atomic E-state index is -3.11. The number of aromatic nitrogens is 2. The lowest BCUT2D eigenvalue weighted by atomic mass is 9.82. The van der Waals surface area contributed by atoms with Crippen molar-refractivity contribution in [1.29, 1.82) is 0 Å². The molecule has 4 heterocycles. The summed E-state index contributed by atoms with van der Waals surface area (Å²) in [5.41, 5.74) is 0.0784. The van der Waals surface area contributed by atoms with E-state index in [-0.39, 0.29) is 47.8 Å². The maximum atomic E-state index is 17.8. The van der Waals surface area contributed by atoms with E-state index >= 15 is 13.2 Å². The van der Waals surface area contributed by atoms with Crippen molar-refractivity contribution in [1.82, 2.24) is 19.6 Å². The first-order chi connectivity index (χ1) is 29.8. The summed E-state index contributed by atoms with van der Waals surface area (Å²) in [7, 11) is -3.11. The van der Waals surface area contributed by atoms with Gasteiger partial charge in [-0.2, -0.15) is 5.10 Å². The molecule has 1 amide bonds. The number of alkyl halides is 1. The Morgan fingerprint density at radius 1 is 0.905 bits per heavy atom. The highest BCUT2D eigenvalue weighted by Gasteiger charge is 2.52. The van der Waals surface area contributed by atoms with E-state index in [9.17, 15) is 4.79 Å². The number of amides is 1. The van der Waals surface area contributed by atoms with Crippen molar-refractivity contribution in [3.05, 3.63) is 119 Å². The Morgan fingerprint density at radius 2 is 1.54 bits per heavy atom. The van der Waals surface area contributed by atoms with Gasteiger partial charge in [-0.3, -0.25) is 4.90 Å². The van der Waals surface area contributed by atoms with E-state index < -0.39 is 43.4 Å². The lowest BCUT2D eigenvalue weighted by molar-refractivity contribution is -0.0366. The fourth-order valence-electron chi connectivity index (χ4n) is 9.90. The molecule has 3 aliphatic heterocycles. The minimum Gasteiger partial charge on any atom is -0.444 e. The third-order valence-corrected chi connectivity index (χ3v) is 17.8. The van der Waals surface area contributed by atoms with Gasteiger partial charge >= 0.3 is 6.09 Å². The van der Waals surface area contributed by atoms with Crippen LogP contribution in [-0.4, -0.2) is 90.2 Å².